The number of imide groups is 1. The van der Waals surface area contributed by atoms with Gasteiger partial charge in [0.2, 0.25) is 0 Å². The summed E-state index contributed by atoms with van der Waals surface area (Å²) in [6.45, 7) is 1.29. The second kappa shape index (κ2) is 8.86. The molecule has 0 N–H and O–H groups in total. The number of carbonyl (C=O) groups excluding carboxylic acids is 2. The Labute approximate surface area is 183 Å². The minimum absolute atomic E-state index is 0.170. The fraction of sp³-hybridized carbons (Fsp3) is 0.273. The van der Waals surface area contributed by atoms with Gasteiger partial charge in [0.15, 0.2) is 0 Å². The highest BCUT2D eigenvalue weighted by atomic mass is 127. The minimum Gasteiger partial charge on any atom is -0.274 e. The standard InChI is InChI=1S/C22H21IN4O2/c23-20-19(16-10-4-3-5-11-16)24-25-27(20)15-9-2-1-8-14-26-21(28)17-12-6-7-13-18(17)22(26)29/h3-7,10-13H,1-2,8-9,14-15H2. The number of amides is 2. The van der Waals surface area contributed by atoms with Gasteiger partial charge < -0.3 is 0 Å². The number of benzene rings is 2. The smallest absolute Gasteiger partial charge is 0.261 e. The maximum absolute atomic E-state index is 12.4. The molecule has 0 fully saturated rings. The van der Waals surface area contributed by atoms with Crippen LogP contribution in [0.25, 0.3) is 11.3 Å². The summed E-state index contributed by atoms with van der Waals surface area (Å²) in [7, 11) is 0. The molecule has 7 heteroatoms. The first-order valence-corrected chi connectivity index (χ1v) is 10.8. The molecule has 0 saturated heterocycles. The molecule has 2 amide bonds. The summed E-state index contributed by atoms with van der Waals surface area (Å²) in [5.41, 5.74) is 3.03. The van der Waals surface area contributed by atoms with Crippen LogP contribution >= 0.6 is 22.6 Å². The second-order valence-electron chi connectivity index (χ2n) is 7.04. The van der Waals surface area contributed by atoms with Crippen LogP contribution in [-0.4, -0.2) is 38.3 Å². The van der Waals surface area contributed by atoms with Gasteiger partial charge in [-0.05, 0) is 47.6 Å². The fourth-order valence-electron chi connectivity index (χ4n) is 3.54. The highest BCUT2D eigenvalue weighted by Crippen LogP contribution is 2.24. The van der Waals surface area contributed by atoms with Gasteiger partial charge in [0.05, 0.1) is 11.1 Å². The largest absolute Gasteiger partial charge is 0.274 e. The zero-order chi connectivity index (χ0) is 20.2. The predicted molar refractivity (Wildman–Crippen MR) is 118 cm³/mol. The van der Waals surface area contributed by atoms with Gasteiger partial charge in [-0.2, -0.15) is 0 Å². The third-order valence-electron chi connectivity index (χ3n) is 5.10. The molecule has 0 unspecified atom stereocenters. The van der Waals surface area contributed by atoms with Gasteiger partial charge in [-0.25, -0.2) is 4.68 Å². The van der Waals surface area contributed by atoms with Crippen LogP contribution in [0.1, 0.15) is 46.4 Å². The summed E-state index contributed by atoms with van der Waals surface area (Å²) in [6.07, 6.45) is 3.77. The van der Waals surface area contributed by atoms with Gasteiger partial charge in [-0.3, -0.25) is 14.5 Å². The number of hydrogen-bond acceptors (Lipinski definition) is 4. The van der Waals surface area contributed by atoms with Gasteiger partial charge in [-0.15, -0.1) is 5.10 Å². The molecule has 148 valence electrons. The Hall–Kier alpha value is -2.55. The number of fused-ring (bicyclic) bond motifs is 1. The van der Waals surface area contributed by atoms with Crippen molar-refractivity contribution < 1.29 is 9.59 Å². The van der Waals surface area contributed by atoms with Crippen LogP contribution in [0, 0.1) is 3.70 Å². The summed E-state index contributed by atoms with van der Waals surface area (Å²) >= 11 is 2.29. The molecule has 0 saturated carbocycles. The van der Waals surface area contributed by atoms with Crippen molar-refractivity contribution in [3.05, 3.63) is 69.4 Å². The SMILES string of the molecule is O=C1c2ccccc2C(=O)N1CCCCCCn1nnc(-c2ccccc2)c1I. The average molecular weight is 500 g/mol. The van der Waals surface area contributed by atoms with E-state index in [0.29, 0.717) is 17.7 Å². The quantitative estimate of drug-likeness (QED) is 0.261. The zero-order valence-corrected chi connectivity index (χ0v) is 18.1. The van der Waals surface area contributed by atoms with E-state index < -0.39 is 0 Å². The molecule has 1 aliphatic rings. The first-order chi connectivity index (χ1) is 14.2. The van der Waals surface area contributed by atoms with Crippen LogP contribution in [-0.2, 0) is 6.54 Å². The van der Waals surface area contributed by atoms with E-state index in [-0.39, 0.29) is 11.8 Å². The minimum atomic E-state index is -0.170. The van der Waals surface area contributed by atoms with Crippen LogP contribution in [0.5, 0.6) is 0 Å². The molecule has 3 aromatic rings. The summed E-state index contributed by atoms with van der Waals surface area (Å²) in [6, 6.07) is 17.1. The number of nitrogens with zero attached hydrogens (tertiary/aromatic N) is 4. The fourth-order valence-corrected chi connectivity index (χ4v) is 4.30. The van der Waals surface area contributed by atoms with Crippen molar-refractivity contribution in [3.63, 3.8) is 0 Å². The van der Waals surface area contributed by atoms with E-state index >= 15 is 0 Å². The number of rotatable bonds is 8. The lowest BCUT2D eigenvalue weighted by Crippen LogP contribution is -2.30. The lowest BCUT2D eigenvalue weighted by molar-refractivity contribution is 0.0651. The maximum Gasteiger partial charge on any atom is 0.261 e. The molecule has 1 aromatic heterocycles. The zero-order valence-electron chi connectivity index (χ0n) is 15.9. The Bertz CT molecular complexity index is 997. The van der Waals surface area contributed by atoms with Crippen molar-refractivity contribution in [3.8, 4) is 11.3 Å². The van der Waals surface area contributed by atoms with Crippen LogP contribution in [0.15, 0.2) is 54.6 Å². The van der Waals surface area contributed by atoms with Crippen LogP contribution in [0.3, 0.4) is 0 Å². The first kappa shape index (κ1) is 19.8. The highest BCUT2D eigenvalue weighted by molar-refractivity contribution is 14.1. The molecule has 0 bridgehead atoms. The summed E-state index contributed by atoms with van der Waals surface area (Å²) in [5.74, 6) is -0.340. The maximum atomic E-state index is 12.4. The Morgan fingerprint density at radius 3 is 2.00 bits per heavy atom. The van der Waals surface area contributed by atoms with Crippen molar-refractivity contribution >= 4 is 34.4 Å². The number of unbranched alkanes of at least 4 members (excludes halogenated alkanes) is 3. The van der Waals surface area contributed by atoms with E-state index in [1.807, 2.05) is 35.0 Å². The summed E-state index contributed by atoms with van der Waals surface area (Å²) in [4.78, 5) is 26.1. The van der Waals surface area contributed by atoms with Crippen LogP contribution in [0.2, 0.25) is 0 Å². The van der Waals surface area contributed by atoms with E-state index in [0.717, 1.165) is 47.2 Å². The first-order valence-electron chi connectivity index (χ1n) is 9.76. The van der Waals surface area contributed by atoms with E-state index in [1.165, 1.54) is 4.90 Å². The monoisotopic (exact) mass is 500 g/mol. The molecule has 29 heavy (non-hydrogen) atoms. The summed E-state index contributed by atoms with van der Waals surface area (Å²) < 4.78 is 2.98. The van der Waals surface area contributed by atoms with E-state index in [2.05, 4.69) is 32.9 Å². The van der Waals surface area contributed by atoms with Crippen molar-refractivity contribution in [1.82, 2.24) is 19.9 Å². The van der Waals surface area contributed by atoms with Gasteiger partial charge in [0.25, 0.3) is 11.8 Å². The van der Waals surface area contributed by atoms with Crippen molar-refractivity contribution in [2.75, 3.05) is 6.54 Å². The molecule has 0 spiro atoms. The molecule has 2 aromatic carbocycles. The van der Waals surface area contributed by atoms with E-state index in [4.69, 9.17) is 0 Å². The van der Waals surface area contributed by atoms with E-state index in [1.54, 1.807) is 24.3 Å². The topological polar surface area (TPSA) is 68.1 Å². The van der Waals surface area contributed by atoms with Gasteiger partial charge in [0, 0.05) is 18.7 Å². The molecule has 6 nitrogen and oxygen atoms in total. The number of hydrogen-bond donors (Lipinski definition) is 0. The lowest BCUT2D eigenvalue weighted by Gasteiger charge is -2.13. The molecule has 1 aliphatic heterocycles. The van der Waals surface area contributed by atoms with Gasteiger partial charge in [0.1, 0.15) is 9.39 Å². The lowest BCUT2D eigenvalue weighted by atomic mass is 10.1. The molecular formula is C22H21IN4O2. The summed E-state index contributed by atoms with van der Waals surface area (Å²) in [5, 5.41) is 8.59. The molecule has 4 rings (SSSR count). The number of aromatic nitrogens is 3. The van der Waals surface area contributed by atoms with Crippen molar-refractivity contribution in [2.45, 2.75) is 32.2 Å². The third-order valence-corrected chi connectivity index (χ3v) is 6.17. The van der Waals surface area contributed by atoms with Crippen molar-refractivity contribution in [2.24, 2.45) is 0 Å². The average Bonchev–Trinajstić information content (AvgIpc) is 3.24. The molecule has 0 aliphatic carbocycles. The normalized spacial score (nSPS) is 13.2. The van der Waals surface area contributed by atoms with Crippen LogP contribution in [0.4, 0.5) is 0 Å². The highest BCUT2D eigenvalue weighted by Gasteiger charge is 2.34. The molecule has 0 radical (unpaired) electrons. The van der Waals surface area contributed by atoms with Gasteiger partial charge >= 0.3 is 0 Å². The Kier molecular flexibility index (Phi) is 6.03. The number of halogens is 1. The number of aryl methyl sites for hydroxylation is 1. The van der Waals surface area contributed by atoms with Gasteiger partial charge in [-0.1, -0.05) is 60.5 Å². The Morgan fingerprint density at radius 1 is 0.759 bits per heavy atom. The third kappa shape index (κ3) is 4.10. The predicted octanol–water partition coefficient (Wildman–Crippen LogP) is 4.41. The second-order valence-corrected chi connectivity index (χ2v) is 8.06. The Balaban J connectivity index is 1.22. The van der Waals surface area contributed by atoms with Crippen LogP contribution < -0.4 is 0 Å². The molecule has 2 heterocycles. The van der Waals surface area contributed by atoms with E-state index in [9.17, 15) is 9.59 Å². The molecular weight excluding hydrogens is 479 g/mol. The number of carbonyl (C=O) groups is 2. The Morgan fingerprint density at radius 2 is 1.34 bits per heavy atom. The van der Waals surface area contributed by atoms with Crippen molar-refractivity contribution in [1.29, 1.82) is 0 Å². The molecule has 0 atom stereocenters.